The summed E-state index contributed by atoms with van der Waals surface area (Å²) in [6.45, 7) is 16.5. The van der Waals surface area contributed by atoms with Gasteiger partial charge in [-0.2, -0.15) is 0 Å². The van der Waals surface area contributed by atoms with Crippen LogP contribution in [0.3, 0.4) is 0 Å². The van der Waals surface area contributed by atoms with Crippen molar-refractivity contribution in [2.24, 2.45) is 0 Å². The van der Waals surface area contributed by atoms with E-state index in [1.54, 1.807) is 53.7 Å². The van der Waals surface area contributed by atoms with E-state index in [2.05, 4.69) is 0 Å². The van der Waals surface area contributed by atoms with Crippen molar-refractivity contribution >= 4 is 12.3 Å². The van der Waals surface area contributed by atoms with Gasteiger partial charge in [0.2, 0.25) is 0 Å². The second-order valence-corrected chi connectivity index (χ2v) is 9.04. The lowest BCUT2D eigenvalue weighted by atomic mass is 9.87. The number of ether oxygens (including phenoxy) is 4. The molecule has 0 aliphatic rings. The largest absolute Gasteiger partial charge is 0.514 e. The van der Waals surface area contributed by atoms with E-state index in [-0.39, 0.29) is 16.9 Å². The summed E-state index contributed by atoms with van der Waals surface area (Å²) < 4.78 is 20.8. The molecule has 0 amide bonds. The fraction of sp³-hybridized carbons (Fsp3) is 0.600. The zero-order valence-corrected chi connectivity index (χ0v) is 17.2. The second kappa shape index (κ2) is 7.56. The minimum absolute atomic E-state index is 0.0816. The Morgan fingerprint density at radius 3 is 1.50 bits per heavy atom. The van der Waals surface area contributed by atoms with E-state index >= 15 is 0 Å². The first-order valence-electron chi connectivity index (χ1n) is 8.53. The maximum absolute atomic E-state index is 12.0. The molecule has 6 heteroatoms. The molecule has 0 saturated carbocycles. The molecule has 6 nitrogen and oxygen atoms in total. The normalized spacial score (nSPS) is 12.3. The molecule has 0 radical (unpaired) electrons. The summed E-state index contributed by atoms with van der Waals surface area (Å²) in [6.07, 6.45) is -1.76. The first-order valence-corrected chi connectivity index (χ1v) is 8.53. The molecule has 0 aromatic heterocycles. The van der Waals surface area contributed by atoms with Gasteiger partial charge in [0.05, 0.1) is 0 Å². The van der Waals surface area contributed by atoms with Crippen molar-refractivity contribution in [3.8, 4) is 11.5 Å². The first-order chi connectivity index (χ1) is 11.6. The number of hydrogen-bond acceptors (Lipinski definition) is 6. The number of hydrogen-bond donors (Lipinski definition) is 0. The van der Waals surface area contributed by atoms with Gasteiger partial charge in [-0.1, -0.05) is 26.8 Å². The molecule has 26 heavy (non-hydrogen) atoms. The third-order valence-corrected chi connectivity index (χ3v) is 2.98. The van der Waals surface area contributed by atoms with Gasteiger partial charge in [-0.3, -0.25) is 0 Å². The molecule has 0 bridgehead atoms. The van der Waals surface area contributed by atoms with Gasteiger partial charge in [-0.25, -0.2) is 9.59 Å². The van der Waals surface area contributed by atoms with E-state index in [0.29, 0.717) is 0 Å². The fourth-order valence-corrected chi connectivity index (χ4v) is 1.86. The third kappa shape index (κ3) is 7.76. The predicted octanol–water partition coefficient (Wildman–Crippen LogP) is 5.61. The summed E-state index contributed by atoms with van der Waals surface area (Å²) in [5, 5.41) is 0. The maximum Gasteiger partial charge on any atom is 0.514 e. The van der Waals surface area contributed by atoms with Crippen LogP contribution in [0.5, 0.6) is 11.5 Å². The van der Waals surface area contributed by atoms with Crippen LogP contribution in [0.15, 0.2) is 18.2 Å². The van der Waals surface area contributed by atoms with Crippen LogP contribution in [-0.2, 0) is 14.9 Å². The van der Waals surface area contributed by atoms with Crippen LogP contribution >= 0.6 is 0 Å². The van der Waals surface area contributed by atoms with Crippen molar-refractivity contribution < 1.29 is 28.5 Å². The lowest BCUT2D eigenvalue weighted by Crippen LogP contribution is -2.27. The van der Waals surface area contributed by atoms with Gasteiger partial charge >= 0.3 is 12.3 Å². The van der Waals surface area contributed by atoms with Gasteiger partial charge in [-0.15, -0.1) is 0 Å². The van der Waals surface area contributed by atoms with Crippen molar-refractivity contribution in [1.82, 2.24) is 0 Å². The summed E-state index contributed by atoms with van der Waals surface area (Å²) in [4.78, 5) is 24.0. The summed E-state index contributed by atoms with van der Waals surface area (Å²) in [7, 11) is 0. The van der Waals surface area contributed by atoms with Gasteiger partial charge in [0.15, 0.2) is 11.5 Å². The molecule has 146 valence electrons. The molecular formula is C20H30O6. The topological polar surface area (TPSA) is 71.1 Å². The van der Waals surface area contributed by atoms with Crippen molar-refractivity contribution in [2.75, 3.05) is 0 Å². The van der Waals surface area contributed by atoms with Gasteiger partial charge < -0.3 is 18.9 Å². The van der Waals surface area contributed by atoms with Crippen LogP contribution in [0.2, 0.25) is 0 Å². The highest BCUT2D eigenvalue weighted by Gasteiger charge is 2.24. The van der Waals surface area contributed by atoms with Gasteiger partial charge in [0, 0.05) is 0 Å². The van der Waals surface area contributed by atoms with E-state index in [1.807, 2.05) is 26.8 Å². The molecule has 0 aliphatic carbocycles. The summed E-state index contributed by atoms with van der Waals surface area (Å²) >= 11 is 0. The monoisotopic (exact) mass is 366 g/mol. The Labute approximate surface area is 155 Å². The van der Waals surface area contributed by atoms with Crippen LogP contribution in [0.4, 0.5) is 9.59 Å². The van der Waals surface area contributed by atoms with Crippen LogP contribution in [0.25, 0.3) is 0 Å². The van der Waals surface area contributed by atoms with Crippen molar-refractivity contribution in [2.45, 2.75) is 78.9 Å². The van der Waals surface area contributed by atoms with Crippen LogP contribution in [0.1, 0.15) is 67.9 Å². The summed E-state index contributed by atoms with van der Waals surface area (Å²) in [5.41, 5.74) is -0.677. The van der Waals surface area contributed by atoms with Crippen molar-refractivity contribution in [3.05, 3.63) is 23.8 Å². The minimum Gasteiger partial charge on any atom is -0.428 e. The molecule has 1 rings (SSSR count). The Morgan fingerprint density at radius 1 is 0.692 bits per heavy atom. The molecule has 1 aromatic rings. The summed E-state index contributed by atoms with van der Waals surface area (Å²) in [5.74, 6) is 0.177. The molecule has 0 fully saturated rings. The van der Waals surface area contributed by atoms with Gasteiger partial charge in [0.1, 0.15) is 11.2 Å². The SMILES string of the molecule is CC(C)(C)OC(=O)Oc1ccc(C(C)(C)C)cc1OC(=O)OC(C)(C)C. The lowest BCUT2D eigenvalue weighted by molar-refractivity contribution is 0.0137. The highest BCUT2D eigenvalue weighted by molar-refractivity contribution is 5.69. The molecule has 0 N–H and O–H groups in total. The zero-order valence-electron chi connectivity index (χ0n) is 17.2. The van der Waals surface area contributed by atoms with Crippen molar-refractivity contribution in [3.63, 3.8) is 0 Å². The van der Waals surface area contributed by atoms with Gasteiger partial charge in [-0.05, 0) is 64.7 Å². The fourth-order valence-electron chi connectivity index (χ4n) is 1.86. The number of carbonyl (C=O) groups excluding carboxylic acids is 2. The smallest absolute Gasteiger partial charge is 0.428 e. The average Bonchev–Trinajstić information content (AvgIpc) is 2.34. The predicted molar refractivity (Wildman–Crippen MR) is 98.9 cm³/mol. The Balaban J connectivity index is 3.12. The number of rotatable bonds is 2. The molecule has 0 heterocycles. The molecule has 0 saturated heterocycles. The first kappa shape index (κ1) is 21.8. The van der Waals surface area contributed by atoms with E-state index in [0.717, 1.165) is 5.56 Å². The molecule has 0 unspecified atom stereocenters. The van der Waals surface area contributed by atoms with E-state index in [9.17, 15) is 9.59 Å². The molecule has 1 aromatic carbocycles. The minimum atomic E-state index is -0.880. The van der Waals surface area contributed by atoms with E-state index in [1.165, 1.54) is 0 Å². The van der Waals surface area contributed by atoms with Gasteiger partial charge in [0.25, 0.3) is 0 Å². The zero-order chi connectivity index (χ0) is 20.3. The number of carbonyl (C=O) groups is 2. The lowest BCUT2D eigenvalue weighted by Gasteiger charge is -2.23. The molecule has 0 aliphatic heterocycles. The highest BCUT2D eigenvalue weighted by Crippen LogP contribution is 2.34. The Kier molecular flexibility index (Phi) is 6.34. The van der Waals surface area contributed by atoms with Crippen LogP contribution < -0.4 is 9.47 Å². The quantitative estimate of drug-likeness (QED) is 0.500. The molecular weight excluding hydrogens is 336 g/mol. The molecule has 0 atom stereocenters. The van der Waals surface area contributed by atoms with E-state index in [4.69, 9.17) is 18.9 Å². The van der Waals surface area contributed by atoms with Crippen LogP contribution in [0, 0.1) is 0 Å². The maximum atomic E-state index is 12.0. The number of benzene rings is 1. The Bertz CT molecular complexity index is 656. The average molecular weight is 366 g/mol. The van der Waals surface area contributed by atoms with Crippen molar-refractivity contribution in [1.29, 1.82) is 0 Å². The molecule has 0 spiro atoms. The second-order valence-electron chi connectivity index (χ2n) is 9.04. The summed E-state index contributed by atoms with van der Waals surface area (Å²) in [6, 6.07) is 5.04. The van der Waals surface area contributed by atoms with E-state index < -0.39 is 23.5 Å². The Hall–Kier alpha value is -2.24. The third-order valence-electron chi connectivity index (χ3n) is 2.98. The standard InChI is InChI=1S/C20H30O6/c1-18(2,3)13-10-11-14(23-16(21)25-19(4,5)6)15(12-13)24-17(22)26-20(7,8)9/h10-12H,1-9H3. The highest BCUT2D eigenvalue weighted by atomic mass is 16.8. The van der Waals surface area contributed by atoms with Crippen LogP contribution in [-0.4, -0.2) is 23.5 Å². The Morgan fingerprint density at radius 2 is 1.12 bits per heavy atom.